The molecule has 2 saturated carbocycles. The van der Waals surface area contributed by atoms with Gasteiger partial charge in [-0.2, -0.15) is 0 Å². The molecule has 1 aromatic rings. The molecule has 2 saturated heterocycles. The standard InChI is InChI=1S/C33H44ClN3O4/c1-19-10-9-13-25(21(19)3)36-31(39)29-33-17-16-26(41-33)27(30(38)35-22-15-14-20(2)24(34)18-22)28(33)32(40)37(29)23-11-7-5-4-6-8-12-23/h14-19,21,23,25-29H,4-13H2,1-3H3,(H,35,38)(H,36,39)/t19?,21?,25?,26-,27?,28-,29?,33?/m0/s1. The van der Waals surface area contributed by atoms with E-state index in [0.29, 0.717) is 22.5 Å². The SMILES string of the molecule is Cc1ccc(NC(=O)C2[C@@H]3C=CC4(O3)C(C(=O)NC3CCCC(C)C3C)N(C3CCCCCCC3)C(=O)[C@H]24)cc1Cl. The Labute approximate surface area is 248 Å². The van der Waals surface area contributed by atoms with Gasteiger partial charge in [0.15, 0.2) is 0 Å². The molecule has 3 heterocycles. The van der Waals surface area contributed by atoms with Gasteiger partial charge in [-0.25, -0.2) is 0 Å². The van der Waals surface area contributed by atoms with Gasteiger partial charge in [-0.1, -0.05) is 88.6 Å². The number of amides is 3. The van der Waals surface area contributed by atoms with Crippen LogP contribution in [-0.2, 0) is 19.1 Å². The van der Waals surface area contributed by atoms with Crippen molar-refractivity contribution in [2.24, 2.45) is 23.7 Å². The predicted octanol–water partition coefficient (Wildman–Crippen LogP) is 5.79. The Kier molecular flexibility index (Phi) is 7.96. The zero-order valence-corrected chi connectivity index (χ0v) is 25.3. The molecule has 2 N–H and O–H groups in total. The van der Waals surface area contributed by atoms with E-state index >= 15 is 0 Å². The van der Waals surface area contributed by atoms with Crippen molar-refractivity contribution >= 4 is 35.0 Å². The Morgan fingerprint density at radius 2 is 1.73 bits per heavy atom. The van der Waals surface area contributed by atoms with Crippen molar-refractivity contribution in [2.75, 3.05) is 5.32 Å². The van der Waals surface area contributed by atoms with Crippen LogP contribution in [0.2, 0.25) is 5.02 Å². The second kappa shape index (κ2) is 11.4. The highest BCUT2D eigenvalue weighted by Crippen LogP contribution is 2.56. The summed E-state index contributed by atoms with van der Waals surface area (Å²) in [4.78, 5) is 44.5. The van der Waals surface area contributed by atoms with Crippen molar-refractivity contribution in [2.45, 2.75) is 115 Å². The van der Waals surface area contributed by atoms with Crippen molar-refractivity contribution in [3.8, 4) is 0 Å². The second-order valence-electron chi connectivity index (χ2n) is 13.3. The number of anilines is 1. The summed E-state index contributed by atoms with van der Waals surface area (Å²) in [5.74, 6) is -1.07. The fourth-order valence-corrected chi connectivity index (χ4v) is 8.44. The third-order valence-corrected chi connectivity index (χ3v) is 11.2. The van der Waals surface area contributed by atoms with Crippen molar-refractivity contribution in [3.05, 3.63) is 40.9 Å². The molecule has 7 nitrogen and oxygen atoms in total. The van der Waals surface area contributed by atoms with Crippen molar-refractivity contribution in [3.63, 3.8) is 0 Å². The third-order valence-electron chi connectivity index (χ3n) is 10.8. The van der Waals surface area contributed by atoms with Crippen molar-refractivity contribution in [1.82, 2.24) is 10.2 Å². The van der Waals surface area contributed by atoms with Crippen molar-refractivity contribution in [1.29, 1.82) is 0 Å². The Bertz CT molecular complexity index is 1230. The predicted molar refractivity (Wildman–Crippen MR) is 159 cm³/mol. The van der Waals surface area contributed by atoms with Crippen LogP contribution in [0.3, 0.4) is 0 Å². The molecule has 2 aliphatic carbocycles. The number of rotatable bonds is 5. The Hall–Kier alpha value is -2.38. The van der Waals surface area contributed by atoms with Crippen LogP contribution in [-0.4, -0.2) is 52.5 Å². The highest BCUT2D eigenvalue weighted by molar-refractivity contribution is 6.31. The lowest BCUT2D eigenvalue weighted by Gasteiger charge is -2.40. The Balaban J connectivity index is 1.32. The smallest absolute Gasteiger partial charge is 0.246 e. The minimum atomic E-state index is -1.13. The minimum Gasteiger partial charge on any atom is -0.359 e. The summed E-state index contributed by atoms with van der Waals surface area (Å²) in [6.45, 7) is 6.39. The van der Waals surface area contributed by atoms with E-state index in [1.807, 2.05) is 36.1 Å². The van der Waals surface area contributed by atoms with Crippen LogP contribution >= 0.6 is 11.6 Å². The molecule has 8 heteroatoms. The quantitative estimate of drug-likeness (QED) is 0.431. The molecule has 0 radical (unpaired) electrons. The van der Waals surface area contributed by atoms with E-state index in [1.165, 1.54) is 12.8 Å². The molecule has 41 heavy (non-hydrogen) atoms. The number of fused-ring (bicyclic) bond motifs is 1. The maximum atomic E-state index is 14.5. The summed E-state index contributed by atoms with van der Waals surface area (Å²) >= 11 is 6.32. The molecule has 2 bridgehead atoms. The molecule has 1 aromatic carbocycles. The largest absolute Gasteiger partial charge is 0.359 e. The van der Waals surface area contributed by atoms with Gasteiger partial charge in [0.2, 0.25) is 17.7 Å². The van der Waals surface area contributed by atoms with E-state index in [-0.39, 0.29) is 29.8 Å². The van der Waals surface area contributed by atoms with Crippen LogP contribution in [0.1, 0.15) is 83.6 Å². The van der Waals surface area contributed by atoms with Crippen LogP contribution in [0.5, 0.6) is 0 Å². The summed E-state index contributed by atoms with van der Waals surface area (Å²) in [6, 6.07) is 4.68. The number of aryl methyl sites for hydroxylation is 1. The third kappa shape index (κ3) is 5.01. The van der Waals surface area contributed by atoms with E-state index in [2.05, 4.69) is 24.5 Å². The highest BCUT2D eigenvalue weighted by atomic mass is 35.5. The zero-order chi connectivity index (χ0) is 28.9. The number of nitrogens with zero attached hydrogens (tertiary/aromatic N) is 1. The van der Waals surface area contributed by atoms with Gasteiger partial charge >= 0.3 is 0 Å². The van der Waals surface area contributed by atoms with E-state index in [9.17, 15) is 14.4 Å². The van der Waals surface area contributed by atoms with E-state index in [0.717, 1.165) is 56.9 Å². The zero-order valence-electron chi connectivity index (χ0n) is 24.5. The number of nitrogens with one attached hydrogen (secondary N) is 2. The lowest BCUT2D eigenvalue weighted by Crippen LogP contribution is -2.59. The maximum absolute atomic E-state index is 14.5. The first-order valence-electron chi connectivity index (χ1n) is 15.8. The van der Waals surface area contributed by atoms with Gasteiger partial charge in [-0.15, -0.1) is 0 Å². The number of hydrogen-bond donors (Lipinski definition) is 2. The van der Waals surface area contributed by atoms with Gasteiger partial charge in [0.05, 0.1) is 17.9 Å². The van der Waals surface area contributed by atoms with Gasteiger partial charge < -0.3 is 20.3 Å². The number of likely N-dealkylation sites (tertiary alicyclic amines) is 1. The van der Waals surface area contributed by atoms with Crippen LogP contribution in [0.25, 0.3) is 0 Å². The fourth-order valence-electron chi connectivity index (χ4n) is 8.26. The number of carbonyl (C=O) groups is 3. The Morgan fingerprint density at radius 3 is 2.46 bits per heavy atom. The molecule has 8 atom stereocenters. The van der Waals surface area contributed by atoms with Gasteiger partial charge in [-0.3, -0.25) is 14.4 Å². The van der Waals surface area contributed by atoms with Crippen LogP contribution in [0.4, 0.5) is 5.69 Å². The average molecular weight is 582 g/mol. The lowest BCUT2D eigenvalue weighted by molar-refractivity contribution is -0.144. The van der Waals surface area contributed by atoms with Crippen LogP contribution < -0.4 is 10.6 Å². The van der Waals surface area contributed by atoms with E-state index in [4.69, 9.17) is 16.3 Å². The molecule has 6 rings (SSSR count). The number of halogens is 1. The first kappa shape index (κ1) is 28.7. The maximum Gasteiger partial charge on any atom is 0.246 e. The second-order valence-corrected chi connectivity index (χ2v) is 13.7. The van der Waals surface area contributed by atoms with Crippen molar-refractivity contribution < 1.29 is 19.1 Å². The summed E-state index contributed by atoms with van der Waals surface area (Å²) in [5, 5.41) is 6.94. The van der Waals surface area contributed by atoms with E-state index in [1.54, 1.807) is 6.07 Å². The summed E-state index contributed by atoms with van der Waals surface area (Å²) in [7, 11) is 0. The monoisotopic (exact) mass is 581 g/mol. The number of carbonyl (C=O) groups excluding carboxylic acids is 3. The molecule has 222 valence electrons. The highest BCUT2D eigenvalue weighted by Gasteiger charge is 2.73. The molecule has 5 aliphatic rings. The van der Waals surface area contributed by atoms with Gasteiger partial charge in [0.25, 0.3) is 0 Å². The summed E-state index contributed by atoms with van der Waals surface area (Å²) < 4.78 is 6.60. The molecule has 4 fully saturated rings. The molecule has 3 amide bonds. The topological polar surface area (TPSA) is 87.7 Å². The van der Waals surface area contributed by atoms with Gasteiger partial charge in [0.1, 0.15) is 11.6 Å². The van der Waals surface area contributed by atoms with Gasteiger partial charge in [0, 0.05) is 22.8 Å². The van der Waals surface area contributed by atoms with Crippen LogP contribution in [0, 0.1) is 30.6 Å². The fraction of sp³-hybridized carbons (Fsp3) is 0.667. The molecular weight excluding hydrogens is 538 g/mol. The molecule has 3 aliphatic heterocycles. The van der Waals surface area contributed by atoms with Crippen LogP contribution in [0.15, 0.2) is 30.4 Å². The number of hydrogen-bond acceptors (Lipinski definition) is 4. The molecule has 6 unspecified atom stereocenters. The summed E-state index contributed by atoms with van der Waals surface area (Å²) in [5.41, 5.74) is 0.375. The lowest BCUT2D eigenvalue weighted by atomic mass is 9.73. The summed E-state index contributed by atoms with van der Waals surface area (Å²) in [6.07, 6.45) is 13.8. The number of ether oxygens (including phenoxy) is 1. The molecular formula is C33H44ClN3O4. The average Bonchev–Trinajstić information content (AvgIpc) is 3.56. The van der Waals surface area contributed by atoms with Gasteiger partial charge in [-0.05, 0) is 55.7 Å². The first-order valence-corrected chi connectivity index (χ1v) is 16.2. The Morgan fingerprint density at radius 1 is 1.00 bits per heavy atom. The normalized spacial score (nSPS) is 37.0. The molecule has 1 spiro atoms. The van der Waals surface area contributed by atoms with E-state index < -0.39 is 29.6 Å². The molecule has 0 aromatic heterocycles. The first-order chi connectivity index (χ1) is 19.7. The number of benzene rings is 1. The minimum absolute atomic E-state index is 0.0307.